The summed E-state index contributed by atoms with van der Waals surface area (Å²) >= 11 is 0. The molecular weight excluding hydrogens is 310 g/mol. The van der Waals surface area contributed by atoms with Crippen LogP contribution >= 0.6 is 0 Å². The zero-order valence-electron chi connectivity index (χ0n) is 13.7. The lowest BCUT2D eigenvalue weighted by Gasteiger charge is -2.25. The summed E-state index contributed by atoms with van der Waals surface area (Å²) in [6.07, 6.45) is 5.99. The van der Waals surface area contributed by atoms with Gasteiger partial charge in [-0.15, -0.1) is 0 Å². The number of nitrogens with one attached hydrogen (secondary N) is 1. The molecule has 0 bridgehead atoms. The number of hydrogen-bond acceptors (Lipinski definition) is 3. The van der Waals surface area contributed by atoms with Crippen molar-refractivity contribution in [2.24, 2.45) is 0 Å². The van der Waals surface area contributed by atoms with Gasteiger partial charge in [-0.2, -0.15) is 0 Å². The molecule has 4 nitrogen and oxygen atoms in total. The molecule has 3 aromatic rings. The molecule has 4 heteroatoms. The quantitative estimate of drug-likeness (QED) is 0.787. The third-order valence-electron chi connectivity index (χ3n) is 5.17. The van der Waals surface area contributed by atoms with E-state index in [1.807, 2.05) is 36.5 Å². The van der Waals surface area contributed by atoms with Gasteiger partial charge < -0.3 is 5.32 Å². The highest BCUT2D eigenvalue weighted by Crippen LogP contribution is 2.40. The van der Waals surface area contributed by atoms with Gasteiger partial charge in [0, 0.05) is 23.2 Å². The Morgan fingerprint density at radius 1 is 1.12 bits per heavy atom. The van der Waals surface area contributed by atoms with Gasteiger partial charge in [0.15, 0.2) is 0 Å². The van der Waals surface area contributed by atoms with Crippen LogP contribution in [0.5, 0.6) is 0 Å². The fraction of sp³-hybridized carbons (Fsp3) is 0.190. The molecule has 2 aliphatic rings. The number of nitrogens with zero attached hydrogens (tertiary/aromatic N) is 2. The number of rotatable bonds is 2. The van der Waals surface area contributed by atoms with Crippen molar-refractivity contribution in [2.45, 2.75) is 25.3 Å². The Morgan fingerprint density at radius 2 is 2.00 bits per heavy atom. The number of benzene rings is 2. The molecular formula is C21H17N3O. The van der Waals surface area contributed by atoms with Crippen LogP contribution in [-0.2, 0) is 17.6 Å². The summed E-state index contributed by atoms with van der Waals surface area (Å²) in [5.41, 5.74) is 6.53. The lowest BCUT2D eigenvalue weighted by atomic mass is 9.92. The Balaban J connectivity index is 1.49. The van der Waals surface area contributed by atoms with Crippen molar-refractivity contribution in [3.63, 3.8) is 0 Å². The summed E-state index contributed by atoms with van der Waals surface area (Å²) in [6, 6.07) is 14.5. The van der Waals surface area contributed by atoms with E-state index in [1.54, 1.807) is 6.33 Å². The second kappa shape index (κ2) is 5.52. The average Bonchev–Trinajstić information content (AvgIpc) is 3.02. The Kier molecular flexibility index (Phi) is 3.17. The third kappa shape index (κ3) is 2.33. The molecule has 0 spiro atoms. The average molecular weight is 327 g/mol. The predicted octanol–water partition coefficient (Wildman–Crippen LogP) is 3.07. The first-order valence-electron chi connectivity index (χ1n) is 8.58. The second-order valence-electron chi connectivity index (χ2n) is 6.77. The number of aromatic nitrogens is 2. The van der Waals surface area contributed by atoms with Crippen LogP contribution < -0.4 is 5.32 Å². The first-order chi connectivity index (χ1) is 12.3. The van der Waals surface area contributed by atoms with Crippen molar-refractivity contribution in [2.75, 3.05) is 0 Å². The second-order valence-corrected chi connectivity index (χ2v) is 6.77. The van der Waals surface area contributed by atoms with E-state index in [0.29, 0.717) is 0 Å². The minimum absolute atomic E-state index is 0.0503. The third-order valence-corrected chi connectivity index (χ3v) is 5.17. The van der Waals surface area contributed by atoms with E-state index in [4.69, 9.17) is 0 Å². The summed E-state index contributed by atoms with van der Waals surface area (Å²) in [5.74, 6) is 0.0503. The van der Waals surface area contributed by atoms with E-state index in [0.717, 1.165) is 41.3 Å². The molecule has 122 valence electrons. The predicted molar refractivity (Wildman–Crippen MR) is 96.9 cm³/mol. The molecule has 0 fully saturated rings. The zero-order valence-corrected chi connectivity index (χ0v) is 13.7. The summed E-state index contributed by atoms with van der Waals surface area (Å²) in [4.78, 5) is 21.3. The number of fused-ring (bicyclic) bond motifs is 4. The van der Waals surface area contributed by atoms with Crippen molar-refractivity contribution in [1.82, 2.24) is 15.3 Å². The number of amides is 1. The van der Waals surface area contributed by atoms with Gasteiger partial charge in [-0.1, -0.05) is 48.0 Å². The maximum Gasteiger partial charge on any atom is 0.252 e. The van der Waals surface area contributed by atoms with Crippen LogP contribution in [-0.4, -0.2) is 21.9 Å². The van der Waals surface area contributed by atoms with Gasteiger partial charge in [-0.25, -0.2) is 9.97 Å². The van der Waals surface area contributed by atoms with E-state index >= 15 is 0 Å². The minimum Gasteiger partial charge on any atom is -0.349 e. The Bertz CT molecular complexity index is 1020. The fourth-order valence-electron chi connectivity index (χ4n) is 4.11. The summed E-state index contributed by atoms with van der Waals surface area (Å²) in [7, 11) is 0. The van der Waals surface area contributed by atoms with Crippen molar-refractivity contribution in [3.8, 4) is 0 Å². The molecule has 0 radical (unpaired) electrons. The zero-order chi connectivity index (χ0) is 16.8. The molecule has 25 heavy (non-hydrogen) atoms. The molecule has 1 aromatic heterocycles. The molecule has 0 saturated heterocycles. The van der Waals surface area contributed by atoms with Gasteiger partial charge in [-0.05, 0) is 36.0 Å². The van der Waals surface area contributed by atoms with E-state index < -0.39 is 0 Å². The first kappa shape index (κ1) is 14.3. The Hall–Kier alpha value is -3.01. The van der Waals surface area contributed by atoms with E-state index in [-0.39, 0.29) is 11.9 Å². The molecule has 2 heterocycles. The van der Waals surface area contributed by atoms with Crippen LogP contribution in [0.3, 0.4) is 0 Å². The van der Waals surface area contributed by atoms with Crippen LogP contribution in [0.4, 0.5) is 0 Å². The molecule has 2 aromatic carbocycles. The monoisotopic (exact) mass is 327 g/mol. The van der Waals surface area contributed by atoms with Crippen molar-refractivity contribution in [1.29, 1.82) is 0 Å². The van der Waals surface area contributed by atoms with Crippen LogP contribution in [0.1, 0.15) is 23.1 Å². The van der Waals surface area contributed by atoms with Gasteiger partial charge in [0.1, 0.15) is 6.33 Å². The van der Waals surface area contributed by atoms with Gasteiger partial charge in [0.2, 0.25) is 0 Å². The first-order valence-corrected chi connectivity index (χ1v) is 8.58. The highest BCUT2D eigenvalue weighted by atomic mass is 16.1. The molecule has 5 rings (SSSR count). The van der Waals surface area contributed by atoms with Crippen LogP contribution in [0.2, 0.25) is 0 Å². The molecule has 1 N–H and O–H groups in total. The van der Waals surface area contributed by atoms with Gasteiger partial charge in [0.25, 0.3) is 5.91 Å². The molecule has 1 aliphatic heterocycles. The molecule has 1 atom stereocenters. The van der Waals surface area contributed by atoms with Crippen LogP contribution in [0.15, 0.2) is 60.6 Å². The van der Waals surface area contributed by atoms with Gasteiger partial charge >= 0.3 is 0 Å². The molecule has 1 unspecified atom stereocenters. The molecule has 1 aliphatic carbocycles. The fourth-order valence-corrected chi connectivity index (χ4v) is 4.11. The Morgan fingerprint density at radius 3 is 2.88 bits per heavy atom. The lowest BCUT2D eigenvalue weighted by molar-refractivity contribution is -0.116. The summed E-state index contributed by atoms with van der Waals surface area (Å²) in [5, 5.41) is 4.23. The smallest absolute Gasteiger partial charge is 0.252 e. The van der Waals surface area contributed by atoms with Crippen molar-refractivity contribution in [3.05, 3.63) is 77.3 Å². The van der Waals surface area contributed by atoms with Gasteiger partial charge in [0.05, 0.1) is 5.52 Å². The highest BCUT2D eigenvalue weighted by Gasteiger charge is 2.34. The number of carbonyl (C=O) groups is 1. The number of hydrogen-bond donors (Lipinski definition) is 1. The SMILES string of the molecule is O=C1NC(Cc2ccccc2)CC2=C1c1ccc3cncnc3c1C2. The topological polar surface area (TPSA) is 54.9 Å². The lowest BCUT2D eigenvalue weighted by Crippen LogP contribution is -2.40. The molecule has 1 amide bonds. The van der Waals surface area contributed by atoms with E-state index in [2.05, 4.69) is 27.4 Å². The van der Waals surface area contributed by atoms with E-state index in [1.165, 1.54) is 16.7 Å². The standard InChI is InChI=1S/C21H17N3O/c25-21-19-15(9-16(24-21)8-13-4-2-1-3-5-13)10-18-17(19)7-6-14-11-22-12-23-20(14)18/h1-7,11-12,16H,8-10H2,(H,24,25). The Labute approximate surface area is 145 Å². The highest BCUT2D eigenvalue weighted by molar-refractivity contribution is 6.23. The molecule has 0 saturated carbocycles. The van der Waals surface area contributed by atoms with Crippen LogP contribution in [0.25, 0.3) is 16.5 Å². The van der Waals surface area contributed by atoms with Crippen molar-refractivity contribution < 1.29 is 4.79 Å². The minimum atomic E-state index is 0.0503. The normalized spacial score (nSPS) is 18.9. The van der Waals surface area contributed by atoms with Gasteiger partial charge in [-0.3, -0.25) is 4.79 Å². The van der Waals surface area contributed by atoms with Crippen molar-refractivity contribution >= 4 is 22.4 Å². The maximum absolute atomic E-state index is 12.8. The van der Waals surface area contributed by atoms with E-state index in [9.17, 15) is 4.79 Å². The maximum atomic E-state index is 12.8. The van der Waals surface area contributed by atoms with Crippen LogP contribution in [0, 0.1) is 0 Å². The number of carbonyl (C=O) groups excluding carboxylic acids is 1. The largest absolute Gasteiger partial charge is 0.349 e. The summed E-state index contributed by atoms with van der Waals surface area (Å²) in [6.45, 7) is 0. The summed E-state index contributed by atoms with van der Waals surface area (Å²) < 4.78 is 0.